The lowest BCUT2D eigenvalue weighted by molar-refractivity contribution is -0.304. The second kappa shape index (κ2) is 7.53. The molecule has 0 radical (unpaired) electrons. The lowest BCUT2D eigenvalue weighted by Gasteiger charge is -2.67. The number of hydrogen-bond acceptors (Lipinski definition) is 5. The van der Waals surface area contributed by atoms with E-state index in [4.69, 9.17) is 10.5 Å². The van der Waals surface area contributed by atoms with E-state index < -0.39 is 47.3 Å². The van der Waals surface area contributed by atoms with E-state index in [0.29, 0.717) is 25.2 Å². The molecular formula is C21H39NO5. The van der Waals surface area contributed by atoms with Crippen LogP contribution in [0.25, 0.3) is 0 Å². The summed E-state index contributed by atoms with van der Waals surface area (Å²) in [5.41, 5.74) is 2.84. The van der Waals surface area contributed by atoms with Gasteiger partial charge in [0.05, 0.1) is 17.8 Å². The number of aliphatic hydroxyl groups is 3. The van der Waals surface area contributed by atoms with Crippen LogP contribution in [0.3, 0.4) is 0 Å². The van der Waals surface area contributed by atoms with Gasteiger partial charge in [0.25, 0.3) is 0 Å². The molecule has 0 saturated heterocycles. The number of aliphatic hydroxyl groups excluding tert-OH is 2. The maximum atomic E-state index is 12.0. The smallest absolute Gasteiger partial charge is 0.404 e. The maximum absolute atomic E-state index is 12.0. The molecule has 0 aromatic heterocycles. The molecule has 2 fully saturated rings. The Hall–Kier alpha value is -0.850. The number of fused-ring (bicyclic) bond motifs is 1. The summed E-state index contributed by atoms with van der Waals surface area (Å²) in [6.07, 6.45) is 0.0784. The van der Waals surface area contributed by atoms with E-state index in [1.165, 1.54) is 0 Å². The summed E-state index contributed by atoms with van der Waals surface area (Å²) in [5, 5.41) is 33.9. The van der Waals surface area contributed by atoms with E-state index in [-0.39, 0.29) is 5.41 Å². The van der Waals surface area contributed by atoms with Crippen molar-refractivity contribution in [2.24, 2.45) is 34.3 Å². The first-order valence-corrected chi connectivity index (χ1v) is 10.4. The van der Waals surface area contributed by atoms with Crippen molar-refractivity contribution in [1.82, 2.24) is 0 Å². The molecule has 2 aliphatic rings. The van der Waals surface area contributed by atoms with Crippen molar-refractivity contribution in [1.29, 1.82) is 0 Å². The standard InChI is InChI=1S/C21H39NO5/c1-7-12(2)8-11-21(26)13(3)15(23)16(24)17-19(4,5)10-9-14(20(17,21)6)27-18(22)25/h12-17,23-24,26H,7-11H2,1-6H3,(H2,22,25)/t12-,13+,14?,15-,16-,17+,20+,21-/m1/s1. The second-order valence-corrected chi connectivity index (χ2v) is 9.96. The third-order valence-electron chi connectivity index (χ3n) is 8.07. The topological polar surface area (TPSA) is 113 Å². The average Bonchev–Trinajstić information content (AvgIpc) is 2.58. The van der Waals surface area contributed by atoms with Gasteiger partial charge in [-0.15, -0.1) is 0 Å². The fourth-order valence-corrected chi connectivity index (χ4v) is 6.09. The van der Waals surface area contributed by atoms with Crippen LogP contribution in [0.4, 0.5) is 4.79 Å². The highest BCUT2D eigenvalue weighted by molar-refractivity contribution is 5.65. The third-order valence-corrected chi connectivity index (χ3v) is 8.07. The van der Waals surface area contributed by atoms with Crippen molar-refractivity contribution in [2.75, 3.05) is 0 Å². The molecule has 0 spiro atoms. The van der Waals surface area contributed by atoms with Gasteiger partial charge in [-0.1, -0.05) is 48.0 Å². The molecule has 5 N–H and O–H groups in total. The normalized spacial score (nSPS) is 45.0. The van der Waals surface area contributed by atoms with Gasteiger partial charge in [-0.05, 0) is 37.0 Å². The Kier molecular flexibility index (Phi) is 6.25. The number of nitrogens with two attached hydrogens (primary N) is 1. The Labute approximate surface area is 163 Å². The Morgan fingerprint density at radius 1 is 1.26 bits per heavy atom. The molecule has 0 aromatic rings. The predicted octanol–water partition coefficient (Wildman–Crippen LogP) is 2.82. The largest absolute Gasteiger partial charge is 0.446 e. The summed E-state index contributed by atoms with van der Waals surface area (Å²) >= 11 is 0. The first-order valence-electron chi connectivity index (χ1n) is 10.4. The Morgan fingerprint density at radius 2 is 1.85 bits per heavy atom. The number of carbonyl (C=O) groups excluding carboxylic acids is 1. The van der Waals surface area contributed by atoms with Crippen LogP contribution in [0.2, 0.25) is 0 Å². The molecule has 6 heteroatoms. The van der Waals surface area contributed by atoms with Crippen molar-refractivity contribution in [2.45, 2.75) is 97.6 Å². The minimum atomic E-state index is -1.28. The van der Waals surface area contributed by atoms with E-state index in [0.717, 1.165) is 12.8 Å². The average molecular weight is 386 g/mol. The maximum Gasteiger partial charge on any atom is 0.404 e. The molecule has 2 aliphatic carbocycles. The van der Waals surface area contributed by atoms with Crippen LogP contribution in [0.1, 0.15) is 73.6 Å². The molecule has 158 valence electrons. The summed E-state index contributed by atoms with van der Waals surface area (Å²) < 4.78 is 5.50. The van der Waals surface area contributed by atoms with Gasteiger partial charge in [-0.25, -0.2) is 4.79 Å². The zero-order valence-corrected chi connectivity index (χ0v) is 17.7. The van der Waals surface area contributed by atoms with Crippen LogP contribution in [0, 0.1) is 28.6 Å². The van der Waals surface area contributed by atoms with Gasteiger partial charge in [0.1, 0.15) is 6.10 Å². The predicted molar refractivity (Wildman–Crippen MR) is 104 cm³/mol. The van der Waals surface area contributed by atoms with Crippen LogP contribution in [-0.4, -0.2) is 45.3 Å². The fraction of sp³-hybridized carbons (Fsp3) is 0.952. The van der Waals surface area contributed by atoms with Gasteiger partial charge in [0, 0.05) is 17.3 Å². The first kappa shape index (κ1) is 22.4. The molecular weight excluding hydrogens is 346 g/mol. The lowest BCUT2D eigenvalue weighted by Crippen LogP contribution is -2.74. The van der Waals surface area contributed by atoms with Gasteiger partial charge in [0.15, 0.2) is 0 Å². The molecule has 0 heterocycles. The SMILES string of the molecule is CC[C@@H](C)CC[C@@]1(O)[C@@H](C)[C@@H](O)[C@@H](O)[C@H]2C(C)(C)CCC(OC(N)=O)[C@@]21C. The first-order chi connectivity index (χ1) is 12.3. The van der Waals surface area contributed by atoms with E-state index in [1.807, 2.05) is 6.92 Å². The Morgan fingerprint density at radius 3 is 2.37 bits per heavy atom. The Balaban J connectivity index is 2.58. The van der Waals surface area contributed by atoms with E-state index in [9.17, 15) is 20.1 Å². The number of hydrogen-bond donors (Lipinski definition) is 4. The number of ether oxygens (including phenoxy) is 1. The molecule has 8 atom stereocenters. The second-order valence-electron chi connectivity index (χ2n) is 9.96. The van der Waals surface area contributed by atoms with Crippen molar-refractivity contribution in [3.63, 3.8) is 0 Å². The molecule has 0 bridgehead atoms. The molecule has 0 aromatic carbocycles. The summed E-state index contributed by atoms with van der Waals surface area (Å²) in [5.74, 6) is -0.540. The minimum absolute atomic E-state index is 0.322. The monoisotopic (exact) mass is 385 g/mol. The van der Waals surface area contributed by atoms with Gasteiger partial charge in [0.2, 0.25) is 0 Å². The van der Waals surface area contributed by atoms with Crippen molar-refractivity contribution in [3.05, 3.63) is 0 Å². The number of amides is 1. The van der Waals surface area contributed by atoms with Gasteiger partial charge in [-0.3, -0.25) is 0 Å². The van der Waals surface area contributed by atoms with Gasteiger partial charge >= 0.3 is 6.09 Å². The molecule has 1 unspecified atom stereocenters. The summed E-state index contributed by atoms with van der Waals surface area (Å²) in [6.45, 7) is 12.1. The quantitative estimate of drug-likeness (QED) is 0.581. The van der Waals surface area contributed by atoms with Crippen molar-refractivity contribution < 1.29 is 24.9 Å². The number of rotatable bonds is 5. The summed E-state index contributed by atoms with van der Waals surface area (Å²) in [7, 11) is 0. The van der Waals surface area contributed by atoms with Crippen molar-refractivity contribution >= 4 is 6.09 Å². The zero-order chi connectivity index (χ0) is 20.8. The van der Waals surface area contributed by atoms with Crippen LogP contribution in [0.5, 0.6) is 0 Å². The molecule has 6 nitrogen and oxygen atoms in total. The van der Waals surface area contributed by atoms with Crippen LogP contribution >= 0.6 is 0 Å². The summed E-state index contributed by atoms with van der Waals surface area (Å²) in [4.78, 5) is 11.6. The van der Waals surface area contributed by atoms with Gasteiger partial charge < -0.3 is 25.8 Å². The lowest BCUT2D eigenvalue weighted by atomic mass is 9.41. The molecule has 2 saturated carbocycles. The van der Waals surface area contributed by atoms with E-state index in [2.05, 4.69) is 27.7 Å². The Bertz CT molecular complexity index is 553. The minimum Gasteiger partial charge on any atom is -0.446 e. The molecule has 0 aliphatic heterocycles. The highest BCUT2D eigenvalue weighted by atomic mass is 16.6. The molecule has 2 rings (SSSR count). The highest BCUT2D eigenvalue weighted by Crippen LogP contribution is 2.64. The third kappa shape index (κ3) is 3.49. The number of carbonyl (C=O) groups is 1. The van der Waals surface area contributed by atoms with Crippen LogP contribution in [-0.2, 0) is 4.74 Å². The highest BCUT2D eigenvalue weighted by Gasteiger charge is 2.70. The fourth-order valence-electron chi connectivity index (χ4n) is 6.09. The van der Waals surface area contributed by atoms with Crippen LogP contribution < -0.4 is 5.73 Å². The van der Waals surface area contributed by atoms with Gasteiger partial charge in [-0.2, -0.15) is 0 Å². The van der Waals surface area contributed by atoms with Crippen LogP contribution in [0.15, 0.2) is 0 Å². The molecule has 1 amide bonds. The van der Waals surface area contributed by atoms with E-state index >= 15 is 0 Å². The number of primary amides is 1. The summed E-state index contributed by atoms with van der Waals surface area (Å²) in [6, 6.07) is 0. The zero-order valence-electron chi connectivity index (χ0n) is 17.7. The van der Waals surface area contributed by atoms with Crippen molar-refractivity contribution in [3.8, 4) is 0 Å². The molecule has 27 heavy (non-hydrogen) atoms. The van der Waals surface area contributed by atoms with E-state index in [1.54, 1.807) is 6.92 Å².